The average molecular weight is 311 g/mol. The van der Waals surface area contributed by atoms with Crippen LogP contribution in [0.5, 0.6) is 5.75 Å². The molecular formula is C16H25NO3S. The summed E-state index contributed by atoms with van der Waals surface area (Å²) < 4.78 is 29.3. The topological polar surface area (TPSA) is 46.6 Å². The molecule has 0 aliphatic carbocycles. The Morgan fingerprint density at radius 2 is 1.86 bits per heavy atom. The van der Waals surface area contributed by atoms with Gasteiger partial charge in [0.25, 0.3) is 0 Å². The molecule has 5 heteroatoms. The monoisotopic (exact) mass is 311 g/mol. The predicted molar refractivity (Wildman–Crippen MR) is 85.6 cm³/mol. The maximum Gasteiger partial charge on any atom is 0.154 e. The van der Waals surface area contributed by atoms with Crippen LogP contribution in [0.25, 0.3) is 0 Å². The molecule has 2 rings (SSSR count). The molecule has 0 aromatic heterocycles. The highest BCUT2D eigenvalue weighted by Crippen LogP contribution is 2.25. The summed E-state index contributed by atoms with van der Waals surface area (Å²) in [4.78, 5) is 2.24. The molecule has 1 aliphatic heterocycles. The summed E-state index contributed by atoms with van der Waals surface area (Å²) in [5.41, 5.74) is 3.48. The SMILES string of the molecule is COc1c(C)cc(CN2CC[C@H](C)S(=O)(=O)CC2)cc1C. The molecule has 1 heterocycles. The molecule has 0 bridgehead atoms. The first-order valence-corrected chi connectivity index (χ1v) is 9.13. The molecule has 1 aromatic carbocycles. The molecule has 0 N–H and O–H groups in total. The minimum atomic E-state index is -2.91. The van der Waals surface area contributed by atoms with E-state index in [4.69, 9.17) is 4.74 Å². The largest absolute Gasteiger partial charge is 0.496 e. The lowest BCUT2D eigenvalue weighted by atomic mass is 10.1. The molecule has 1 aromatic rings. The molecule has 0 spiro atoms. The highest BCUT2D eigenvalue weighted by atomic mass is 32.2. The Kier molecular flexibility index (Phi) is 4.94. The lowest BCUT2D eigenvalue weighted by Gasteiger charge is -2.20. The number of aryl methyl sites for hydroxylation is 2. The number of nitrogens with zero attached hydrogens (tertiary/aromatic N) is 1. The lowest BCUT2D eigenvalue weighted by Crippen LogP contribution is -2.26. The van der Waals surface area contributed by atoms with E-state index in [-0.39, 0.29) is 11.0 Å². The van der Waals surface area contributed by atoms with E-state index in [1.54, 1.807) is 7.11 Å². The van der Waals surface area contributed by atoms with Gasteiger partial charge < -0.3 is 4.74 Å². The molecule has 0 radical (unpaired) electrons. The Labute approximate surface area is 128 Å². The first-order chi connectivity index (χ1) is 9.83. The van der Waals surface area contributed by atoms with E-state index in [0.717, 1.165) is 36.4 Å². The molecule has 1 fully saturated rings. The summed E-state index contributed by atoms with van der Waals surface area (Å²) in [6, 6.07) is 4.27. The van der Waals surface area contributed by atoms with Crippen molar-refractivity contribution in [1.82, 2.24) is 4.90 Å². The number of hydrogen-bond acceptors (Lipinski definition) is 4. The van der Waals surface area contributed by atoms with Gasteiger partial charge in [-0.1, -0.05) is 12.1 Å². The van der Waals surface area contributed by atoms with Gasteiger partial charge in [-0.15, -0.1) is 0 Å². The van der Waals surface area contributed by atoms with Crippen LogP contribution in [0.15, 0.2) is 12.1 Å². The second-order valence-corrected chi connectivity index (χ2v) is 8.54. The van der Waals surface area contributed by atoms with Crippen LogP contribution in [-0.2, 0) is 16.4 Å². The highest BCUT2D eigenvalue weighted by molar-refractivity contribution is 7.92. The van der Waals surface area contributed by atoms with Gasteiger partial charge in [0.2, 0.25) is 0 Å². The molecule has 0 saturated carbocycles. The summed E-state index contributed by atoms with van der Waals surface area (Å²) in [5.74, 6) is 1.20. The molecule has 21 heavy (non-hydrogen) atoms. The molecule has 0 unspecified atom stereocenters. The lowest BCUT2D eigenvalue weighted by molar-refractivity contribution is 0.283. The standard InChI is InChI=1S/C16H25NO3S/c1-12-9-15(10-13(2)16(12)20-4)11-17-6-5-14(3)21(18,19)8-7-17/h9-10,14H,5-8,11H2,1-4H3/t14-/m0/s1. The summed E-state index contributed by atoms with van der Waals surface area (Å²) in [7, 11) is -1.22. The Bertz CT molecular complexity index is 587. The van der Waals surface area contributed by atoms with E-state index in [0.29, 0.717) is 6.54 Å². The maximum absolute atomic E-state index is 11.9. The molecule has 118 valence electrons. The maximum atomic E-state index is 11.9. The Balaban J connectivity index is 2.12. The summed E-state index contributed by atoms with van der Waals surface area (Å²) in [6.45, 7) is 8.17. The average Bonchev–Trinajstić information content (AvgIpc) is 2.52. The van der Waals surface area contributed by atoms with Gasteiger partial charge in [-0.2, -0.15) is 0 Å². The number of benzene rings is 1. The van der Waals surface area contributed by atoms with Gasteiger partial charge in [0.05, 0.1) is 18.1 Å². The van der Waals surface area contributed by atoms with Crippen molar-refractivity contribution in [2.75, 3.05) is 26.0 Å². The van der Waals surface area contributed by atoms with Crippen LogP contribution in [0.3, 0.4) is 0 Å². The number of rotatable bonds is 3. The van der Waals surface area contributed by atoms with Crippen molar-refractivity contribution < 1.29 is 13.2 Å². The van der Waals surface area contributed by atoms with Gasteiger partial charge in [0.1, 0.15) is 5.75 Å². The third-order valence-corrected chi connectivity index (χ3v) is 6.50. The van der Waals surface area contributed by atoms with Crippen molar-refractivity contribution in [3.05, 3.63) is 28.8 Å². The third kappa shape index (κ3) is 3.77. The smallest absolute Gasteiger partial charge is 0.154 e. The Morgan fingerprint density at radius 1 is 1.24 bits per heavy atom. The second-order valence-electron chi connectivity index (χ2n) is 6.01. The third-order valence-electron chi connectivity index (χ3n) is 4.29. The van der Waals surface area contributed by atoms with E-state index in [2.05, 4.69) is 17.0 Å². The summed E-state index contributed by atoms with van der Waals surface area (Å²) >= 11 is 0. The number of hydrogen-bond donors (Lipinski definition) is 0. The zero-order valence-corrected chi connectivity index (χ0v) is 14.2. The van der Waals surface area contributed by atoms with Crippen LogP contribution in [0.1, 0.15) is 30.0 Å². The van der Waals surface area contributed by atoms with Crippen LogP contribution >= 0.6 is 0 Å². The molecular weight excluding hydrogens is 286 g/mol. The minimum absolute atomic E-state index is 0.221. The van der Waals surface area contributed by atoms with Gasteiger partial charge in [-0.25, -0.2) is 8.42 Å². The van der Waals surface area contributed by atoms with Crippen molar-refractivity contribution in [1.29, 1.82) is 0 Å². The minimum Gasteiger partial charge on any atom is -0.496 e. The quantitative estimate of drug-likeness (QED) is 0.859. The molecule has 4 nitrogen and oxygen atoms in total. The van der Waals surface area contributed by atoms with Crippen LogP contribution in [0, 0.1) is 13.8 Å². The number of methoxy groups -OCH3 is 1. The van der Waals surface area contributed by atoms with E-state index >= 15 is 0 Å². The summed E-state index contributed by atoms with van der Waals surface area (Å²) in [6.07, 6.45) is 0.719. The Morgan fingerprint density at radius 3 is 2.43 bits per heavy atom. The van der Waals surface area contributed by atoms with Gasteiger partial charge in [-0.05, 0) is 50.4 Å². The first kappa shape index (κ1) is 16.3. The van der Waals surface area contributed by atoms with Crippen LogP contribution in [0.4, 0.5) is 0 Å². The fourth-order valence-electron chi connectivity index (χ4n) is 2.98. The second kappa shape index (κ2) is 6.36. The van der Waals surface area contributed by atoms with E-state index in [1.165, 1.54) is 5.56 Å². The fraction of sp³-hybridized carbons (Fsp3) is 0.625. The van der Waals surface area contributed by atoms with Gasteiger partial charge in [0, 0.05) is 13.1 Å². The van der Waals surface area contributed by atoms with E-state index < -0.39 is 9.84 Å². The van der Waals surface area contributed by atoms with Crippen molar-refractivity contribution in [2.24, 2.45) is 0 Å². The molecule has 1 saturated heterocycles. The number of sulfone groups is 1. The van der Waals surface area contributed by atoms with Crippen LogP contribution in [-0.4, -0.2) is 44.5 Å². The highest BCUT2D eigenvalue weighted by Gasteiger charge is 2.26. The summed E-state index contributed by atoms with van der Waals surface area (Å²) in [5, 5.41) is -0.221. The predicted octanol–water partition coefficient (Wildman–Crippen LogP) is 2.32. The van der Waals surface area contributed by atoms with Crippen LogP contribution in [0.2, 0.25) is 0 Å². The number of ether oxygens (including phenoxy) is 1. The molecule has 0 amide bonds. The van der Waals surface area contributed by atoms with Gasteiger partial charge in [-0.3, -0.25) is 4.90 Å². The van der Waals surface area contributed by atoms with Crippen molar-refractivity contribution in [3.63, 3.8) is 0 Å². The molecule has 1 aliphatic rings. The van der Waals surface area contributed by atoms with Gasteiger partial charge >= 0.3 is 0 Å². The zero-order valence-electron chi connectivity index (χ0n) is 13.3. The van der Waals surface area contributed by atoms with Crippen molar-refractivity contribution >= 4 is 9.84 Å². The first-order valence-electron chi connectivity index (χ1n) is 7.41. The zero-order chi connectivity index (χ0) is 15.6. The van der Waals surface area contributed by atoms with Crippen LogP contribution < -0.4 is 4.74 Å². The van der Waals surface area contributed by atoms with Crippen molar-refractivity contribution in [3.8, 4) is 5.75 Å². The van der Waals surface area contributed by atoms with E-state index in [1.807, 2.05) is 20.8 Å². The molecule has 1 atom stereocenters. The van der Waals surface area contributed by atoms with E-state index in [9.17, 15) is 8.42 Å². The fourth-order valence-corrected chi connectivity index (χ4v) is 4.36. The normalized spacial score (nSPS) is 22.8. The van der Waals surface area contributed by atoms with Crippen molar-refractivity contribution in [2.45, 2.75) is 39.0 Å². The Hall–Kier alpha value is -1.07. The van der Waals surface area contributed by atoms with Gasteiger partial charge in [0.15, 0.2) is 9.84 Å².